The summed E-state index contributed by atoms with van der Waals surface area (Å²) < 4.78 is 0. The van der Waals surface area contributed by atoms with E-state index in [0.29, 0.717) is 12.3 Å². The van der Waals surface area contributed by atoms with Gasteiger partial charge in [0.25, 0.3) is 0 Å². The van der Waals surface area contributed by atoms with Crippen LogP contribution >= 0.6 is 0 Å². The van der Waals surface area contributed by atoms with Crippen LogP contribution in [0.5, 0.6) is 0 Å². The monoisotopic (exact) mass is 138 g/mol. The molecule has 0 fully saturated rings. The van der Waals surface area contributed by atoms with E-state index < -0.39 is 0 Å². The van der Waals surface area contributed by atoms with E-state index >= 15 is 0 Å². The van der Waals surface area contributed by atoms with Gasteiger partial charge in [-0.3, -0.25) is 0 Å². The van der Waals surface area contributed by atoms with Gasteiger partial charge in [-0.05, 0) is 12.3 Å². The van der Waals surface area contributed by atoms with E-state index in [1.54, 1.807) is 0 Å². The Balaban J connectivity index is 3.62. The molecule has 10 heavy (non-hydrogen) atoms. The van der Waals surface area contributed by atoms with Gasteiger partial charge in [-0.1, -0.05) is 13.8 Å². The Kier molecular flexibility index (Phi) is 4.66. The summed E-state index contributed by atoms with van der Waals surface area (Å²) in [5, 5.41) is 0. The van der Waals surface area contributed by atoms with Crippen molar-refractivity contribution in [1.29, 1.82) is 0 Å². The summed E-state index contributed by atoms with van der Waals surface area (Å²) in [6.45, 7) is 4.18. The topological polar surface area (TPSA) is 17.1 Å². The van der Waals surface area contributed by atoms with Crippen LogP contribution in [0.15, 0.2) is 0 Å². The second-order valence-corrected chi connectivity index (χ2v) is 2.93. The molecule has 0 aromatic rings. The molecule has 1 nitrogen and oxygen atoms in total. The lowest BCUT2D eigenvalue weighted by Crippen LogP contribution is -2.04. The van der Waals surface area contributed by atoms with Crippen LogP contribution in [-0.4, -0.2) is 6.29 Å². The molecule has 0 aliphatic heterocycles. The Morgan fingerprint density at radius 3 is 2.50 bits per heavy atom. The van der Waals surface area contributed by atoms with Gasteiger partial charge < -0.3 is 4.79 Å². The third-order valence-corrected chi connectivity index (χ3v) is 1.35. The summed E-state index contributed by atoms with van der Waals surface area (Å²) in [5.74, 6) is 3.13. The van der Waals surface area contributed by atoms with Crippen molar-refractivity contribution < 1.29 is 4.79 Å². The van der Waals surface area contributed by atoms with Crippen molar-refractivity contribution in [2.45, 2.75) is 26.7 Å². The minimum atomic E-state index is 0.0741. The van der Waals surface area contributed by atoms with E-state index in [4.69, 9.17) is 6.42 Å². The van der Waals surface area contributed by atoms with Crippen LogP contribution in [0.3, 0.4) is 0 Å². The van der Waals surface area contributed by atoms with Crippen LogP contribution in [0.1, 0.15) is 26.7 Å². The molecule has 0 aromatic carbocycles. The van der Waals surface area contributed by atoms with Gasteiger partial charge in [0.2, 0.25) is 0 Å². The summed E-state index contributed by atoms with van der Waals surface area (Å²) in [7, 11) is 0. The van der Waals surface area contributed by atoms with E-state index in [9.17, 15) is 4.79 Å². The summed E-state index contributed by atoms with van der Waals surface area (Å²) >= 11 is 0. The molecule has 0 aliphatic carbocycles. The Morgan fingerprint density at radius 2 is 2.20 bits per heavy atom. The average Bonchev–Trinajstić information content (AvgIpc) is 1.86. The molecule has 0 aliphatic rings. The highest BCUT2D eigenvalue weighted by atomic mass is 16.1. The molecule has 0 radical (unpaired) electrons. The molecule has 1 atom stereocenters. The van der Waals surface area contributed by atoms with Gasteiger partial charge in [-0.2, -0.15) is 0 Å². The Labute approximate surface area is 62.8 Å². The van der Waals surface area contributed by atoms with E-state index in [0.717, 1.165) is 12.7 Å². The standard InChI is InChI=1S/C9H14O/c1-4-5-9(7-10)6-8(2)3/h1,7-9H,5-6H2,2-3H3. The maximum atomic E-state index is 10.3. The number of terminal acetylenes is 1. The smallest absolute Gasteiger partial charge is 0.124 e. The highest BCUT2D eigenvalue weighted by Crippen LogP contribution is 2.11. The molecular formula is C9H14O. The molecule has 1 unspecified atom stereocenters. The first-order valence-corrected chi connectivity index (χ1v) is 3.59. The van der Waals surface area contributed by atoms with Gasteiger partial charge in [0.05, 0.1) is 0 Å². The SMILES string of the molecule is C#CCC(C=O)CC(C)C. The number of rotatable bonds is 4. The zero-order chi connectivity index (χ0) is 7.98. The molecule has 0 heterocycles. The number of hydrogen-bond acceptors (Lipinski definition) is 1. The van der Waals surface area contributed by atoms with E-state index in [-0.39, 0.29) is 5.92 Å². The summed E-state index contributed by atoms with van der Waals surface area (Å²) in [6, 6.07) is 0. The number of carbonyl (C=O) groups is 1. The van der Waals surface area contributed by atoms with Crippen molar-refractivity contribution >= 4 is 6.29 Å². The van der Waals surface area contributed by atoms with Crippen LogP contribution in [-0.2, 0) is 4.79 Å². The van der Waals surface area contributed by atoms with Crippen LogP contribution in [0.2, 0.25) is 0 Å². The highest BCUT2D eigenvalue weighted by molar-refractivity contribution is 5.54. The molecule has 1 heteroatoms. The van der Waals surface area contributed by atoms with E-state index in [1.807, 2.05) is 0 Å². The molecule has 0 saturated carbocycles. The molecule has 0 N–H and O–H groups in total. The molecule has 0 rings (SSSR count). The van der Waals surface area contributed by atoms with Crippen LogP contribution in [0.25, 0.3) is 0 Å². The summed E-state index contributed by atoms with van der Waals surface area (Å²) in [6.07, 6.45) is 7.53. The Bertz CT molecular complexity index is 130. The maximum Gasteiger partial charge on any atom is 0.124 e. The number of carbonyl (C=O) groups excluding carboxylic acids is 1. The maximum absolute atomic E-state index is 10.3. The quantitative estimate of drug-likeness (QED) is 0.428. The first-order chi connectivity index (χ1) is 4.70. The van der Waals surface area contributed by atoms with E-state index in [1.165, 1.54) is 0 Å². The van der Waals surface area contributed by atoms with E-state index in [2.05, 4.69) is 19.8 Å². The lowest BCUT2D eigenvalue weighted by Gasteiger charge is -2.08. The fourth-order valence-electron chi connectivity index (χ4n) is 0.944. The minimum Gasteiger partial charge on any atom is -0.303 e. The van der Waals surface area contributed by atoms with Crippen molar-refractivity contribution in [2.75, 3.05) is 0 Å². The largest absolute Gasteiger partial charge is 0.303 e. The Morgan fingerprint density at radius 1 is 1.60 bits per heavy atom. The lowest BCUT2D eigenvalue weighted by atomic mass is 9.96. The van der Waals surface area contributed by atoms with Gasteiger partial charge >= 0.3 is 0 Å². The summed E-state index contributed by atoms with van der Waals surface area (Å²) in [4.78, 5) is 10.3. The van der Waals surface area contributed by atoms with Crippen molar-refractivity contribution in [3.05, 3.63) is 0 Å². The van der Waals surface area contributed by atoms with Crippen LogP contribution < -0.4 is 0 Å². The van der Waals surface area contributed by atoms with Crippen molar-refractivity contribution in [3.8, 4) is 12.3 Å². The average molecular weight is 138 g/mol. The molecule has 56 valence electrons. The van der Waals surface area contributed by atoms with Gasteiger partial charge in [0.15, 0.2) is 0 Å². The first-order valence-electron chi connectivity index (χ1n) is 3.59. The number of aldehydes is 1. The van der Waals surface area contributed by atoms with Crippen molar-refractivity contribution in [1.82, 2.24) is 0 Å². The highest BCUT2D eigenvalue weighted by Gasteiger charge is 2.06. The fourth-order valence-corrected chi connectivity index (χ4v) is 0.944. The van der Waals surface area contributed by atoms with Crippen molar-refractivity contribution in [2.24, 2.45) is 11.8 Å². The lowest BCUT2D eigenvalue weighted by molar-refractivity contribution is -0.111. The fraction of sp³-hybridized carbons (Fsp3) is 0.667. The molecule has 0 spiro atoms. The predicted molar refractivity (Wildman–Crippen MR) is 42.5 cm³/mol. The summed E-state index contributed by atoms with van der Waals surface area (Å²) in [5.41, 5.74) is 0. The molecule has 0 aromatic heterocycles. The first kappa shape index (κ1) is 9.23. The predicted octanol–water partition coefficient (Wildman–Crippen LogP) is 1.87. The van der Waals surface area contributed by atoms with Gasteiger partial charge in [-0.15, -0.1) is 12.3 Å². The molecular weight excluding hydrogens is 124 g/mol. The van der Waals surface area contributed by atoms with Gasteiger partial charge in [-0.25, -0.2) is 0 Å². The molecule has 0 saturated heterocycles. The van der Waals surface area contributed by atoms with Crippen LogP contribution in [0, 0.1) is 24.2 Å². The second-order valence-electron chi connectivity index (χ2n) is 2.93. The normalized spacial score (nSPS) is 12.6. The van der Waals surface area contributed by atoms with Crippen molar-refractivity contribution in [3.63, 3.8) is 0 Å². The van der Waals surface area contributed by atoms with Gasteiger partial charge in [0.1, 0.15) is 6.29 Å². The molecule has 0 bridgehead atoms. The van der Waals surface area contributed by atoms with Gasteiger partial charge in [0, 0.05) is 12.3 Å². The zero-order valence-corrected chi connectivity index (χ0v) is 6.63. The minimum absolute atomic E-state index is 0.0741. The third kappa shape index (κ3) is 4.14. The molecule has 0 amide bonds. The second kappa shape index (κ2) is 5.05. The number of hydrogen-bond donors (Lipinski definition) is 0. The zero-order valence-electron chi connectivity index (χ0n) is 6.63. The van der Waals surface area contributed by atoms with Crippen LogP contribution in [0.4, 0.5) is 0 Å². The Hall–Kier alpha value is -0.770. The third-order valence-electron chi connectivity index (χ3n) is 1.35.